The first-order chi connectivity index (χ1) is 11.4. The molecule has 0 bridgehead atoms. The number of anilines is 1. The SMILES string of the molecule is COc1ccccc1N(CCC(=O)O)S(=O)(=O)c1ccc(F)cc1. The van der Waals surface area contributed by atoms with Crippen LogP contribution in [-0.4, -0.2) is 33.1 Å². The third-order valence-corrected chi connectivity index (χ3v) is 5.11. The van der Waals surface area contributed by atoms with E-state index in [0.29, 0.717) is 0 Å². The zero-order chi connectivity index (χ0) is 17.7. The van der Waals surface area contributed by atoms with Gasteiger partial charge in [0.2, 0.25) is 0 Å². The Morgan fingerprint density at radius 1 is 1.17 bits per heavy atom. The van der Waals surface area contributed by atoms with E-state index in [-0.39, 0.29) is 22.9 Å². The van der Waals surface area contributed by atoms with Gasteiger partial charge in [0.15, 0.2) is 0 Å². The number of carboxylic acid groups (broad SMARTS) is 1. The van der Waals surface area contributed by atoms with Crippen LogP contribution in [-0.2, 0) is 14.8 Å². The minimum Gasteiger partial charge on any atom is -0.495 e. The third-order valence-electron chi connectivity index (χ3n) is 3.28. The summed E-state index contributed by atoms with van der Waals surface area (Å²) < 4.78 is 44.9. The van der Waals surface area contributed by atoms with Gasteiger partial charge in [-0.25, -0.2) is 12.8 Å². The molecule has 0 saturated carbocycles. The van der Waals surface area contributed by atoms with Crippen LogP contribution in [0.25, 0.3) is 0 Å². The molecule has 1 N–H and O–H groups in total. The van der Waals surface area contributed by atoms with Crippen molar-refractivity contribution in [2.75, 3.05) is 18.0 Å². The lowest BCUT2D eigenvalue weighted by Crippen LogP contribution is -2.33. The largest absolute Gasteiger partial charge is 0.495 e. The van der Waals surface area contributed by atoms with Gasteiger partial charge in [-0.1, -0.05) is 12.1 Å². The Bertz CT molecular complexity index is 821. The van der Waals surface area contributed by atoms with Crippen LogP contribution in [0.4, 0.5) is 10.1 Å². The van der Waals surface area contributed by atoms with Gasteiger partial charge in [0.05, 0.1) is 24.1 Å². The third kappa shape index (κ3) is 3.83. The van der Waals surface area contributed by atoms with E-state index in [1.54, 1.807) is 18.2 Å². The minimum atomic E-state index is -4.08. The van der Waals surface area contributed by atoms with Crippen molar-refractivity contribution in [2.45, 2.75) is 11.3 Å². The number of nitrogens with zero attached hydrogens (tertiary/aromatic N) is 1. The zero-order valence-corrected chi connectivity index (χ0v) is 13.7. The highest BCUT2D eigenvalue weighted by Crippen LogP contribution is 2.32. The van der Waals surface area contributed by atoms with Gasteiger partial charge in [-0.05, 0) is 36.4 Å². The summed E-state index contributed by atoms with van der Waals surface area (Å²) in [6, 6.07) is 10.7. The Hall–Kier alpha value is -2.61. The number of benzene rings is 2. The number of methoxy groups -OCH3 is 1. The molecule has 2 aromatic rings. The topological polar surface area (TPSA) is 83.9 Å². The summed E-state index contributed by atoms with van der Waals surface area (Å²) in [5.41, 5.74) is 0.213. The molecule has 0 radical (unpaired) electrons. The van der Waals surface area contributed by atoms with Gasteiger partial charge in [-0.15, -0.1) is 0 Å². The van der Waals surface area contributed by atoms with E-state index in [9.17, 15) is 17.6 Å². The van der Waals surface area contributed by atoms with Crippen molar-refractivity contribution in [3.05, 3.63) is 54.3 Å². The molecule has 2 rings (SSSR count). The minimum absolute atomic E-state index is 0.139. The number of para-hydroxylation sites is 2. The normalized spacial score (nSPS) is 11.1. The van der Waals surface area contributed by atoms with E-state index in [4.69, 9.17) is 9.84 Å². The summed E-state index contributed by atoms with van der Waals surface area (Å²) >= 11 is 0. The Balaban J connectivity index is 2.52. The lowest BCUT2D eigenvalue weighted by molar-refractivity contribution is -0.136. The number of aliphatic carboxylic acids is 1. The summed E-state index contributed by atoms with van der Waals surface area (Å²) in [5, 5.41) is 8.91. The van der Waals surface area contributed by atoms with E-state index < -0.39 is 28.2 Å². The summed E-state index contributed by atoms with van der Waals surface area (Å²) in [6.07, 6.45) is -0.390. The van der Waals surface area contributed by atoms with Gasteiger partial charge < -0.3 is 9.84 Å². The molecular formula is C16H16FNO5S. The fourth-order valence-electron chi connectivity index (χ4n) is 2.14. The Kier molecular flexibility index (Phi) is 5.40. The van der Waals surface area contributed by atoms with Crippen LogP contribution in [0.3, 0.4) is 0 Å². The number of ether oxygens (including phenoxy) is 1. The number of hydrogen-bond acceptors (Lipinski definition) is 4. The maximum atomic E-state index is 13.1. The first kappa shape index (κ1) is 17.7. The standard InChI is InChI=1S/C16H16FNO5S/c1-23-15-5-3-2-4-14(15)18(11-10-16(19)20)24(21,22)13-8-6-12(17)7-9-13/h2-9H,10-11H2,1H3,(H,19,20). The predicted molar refractivity (Wildman–Crippen MR) is 86.2 cm³/mol. The van der Waals surface area contributed by atoms with Crippen molar-refractivity contribution < 1.29 is 27.4 Å². The molecule has 6 nitrogen and oxygen atoms in total. The van der Waals surface area contributed by atoms with Crippen molar-refractivity contribution in [2.24, 2.45) is 0 Å². The van der Waals surface area contributed by atoms with Crippen LogP contribution < -0.4 is 9.04 Å². The van der Waals surface area contributed by atoms with Gasteiger partial charge in [0.25, 0.3) is 10.0 Å². The number of hydrogen-bond donors (Lipinski definition) is 1. The molecule has 0 aliphatic carbocycles. The fourth-order valence-corrected chi connectivity index (χ4v) is 3.61. The molecule has 0 aliphatic rings. The molecular weight excluding hydrogens is 337 g/mol. The highest BCUT2D eigenvalue weighted by Gasteiger charge is 2.27. The maximum Gasteiger partial charge on any atom is 0.305 e. The lowest BCUT2D eigenvalue weighted by atomic mass is 10.3. The summed E-state index contributed by atoms with van der Waals surface area (Å²) in [4.78, 5) is 10.8. The van der Waals surface area contributed by atoms with E-state index in [1.165, 1.54) is 13.2 Å². The smallest absolute Gasteiger partial charge is 0.305 e. The Labute approximate surface area is 139 Å². The monoisotopic (exact) mass is 353 g/mol. The summed E-state index contributed by atoms with van der Waals surface area (Å²) in [5.74, 6) is -1.42. The van der Waals surface area contributed by atoms with Gasteiger partial charge in [-0.3, -0.25) is 9.10 Å². The van der Waals surface area contributed by atoms with E-state index in [0.717, 1.165) is 28.6 Å². The number of rotatable bonds is 7. The second-order valence-electron chi connectivity index (χ2n) is 4.85. The van der Waals surface area contributed by atoms with Crippen LogP contribution in [0, 0.1) is 5.82 Å². The van der Waals surface area contributed by atoms with Crippen LogP contribution in [0.1, 0.15) is 6.42 Å². The molecule has 0 unspecified atom stereocenters. The van der Waals surface area contributed by atoms with Crippen molar-refractivity contribution in [3.8, 4) is 5.75 Å². The first-order valence-corrected chi connectivity index (χ1v) is 8.43. The molecule has 0 aromatic heterocycles. The van der Waals surface area contributed by atoms with Gasteiger partial charge in [0, 0.05) is 6.54 Å². The Morgan fingerprint density at radius 3 is 2.38 bits per heavy atom. The molecule has 0 atom stereocenters. The van der Waals surface area contributed by atoms with E-state index >= 15 is 0 Å². The van der Waals surface area contributed by atoms with Gasteiger partial charge >= 0.3 is 5.97 Å². The molecule has 0 spiro atoms. The second-order valence-corrected chi connectivity index (χ2v) is 6.71. The second kappa shape index (κ2) is 7.31. The molecule has 0 amide bonds. The van der Waals surface area contributed by atoms with Crippen molar-refractivity contribution in [3.63, 3.8) is 0 Å². The molecule has 0 aliphatic heterocycles. The zero-order valence-electron chi connectivity index (χ0n) is 12.8. The fraction of sp³-hybridized carbons (Fsp3) is 0.188. The van der Waals surface area contributed by atoms with Crippen molar-refractivity contribution >= 4 is 21.7 Å². The number of carboxylic acids is 1. The number of sulfonamides is 1. The van der Waals surface area contributed by atoms with Crippen molar-refractivity contribution in [1.29, 1.82) is 0 Å². The van der Waals surface area contributed by atoms with E-state index in [1.807, 2.05) is 0 Å². The summed E-state index contributed by atoms with van der Waals surface area (Å²) in [7, 11) is -2.69. The van der Waals surface area contributed by atoms with Crippen LogP contribution in [0.5, 0.6) is 5.75 Å². The molecule has 8 heteroatoms. The van der Waals surface area contributed by atoms with Gasteiger partial charge in [0.1, 0.15) is 11.6 Å². The number of halogens is 1. The Morgan fingerprint density at radius 2 is 1.79 bits per heavy atom. The van der Waals surface area contributed by atoms with Crippen molar-refractivity contribution in [1.82, 2.24) is 0 Å². The van der Waals surface area contributed by atoms with Crippen LogP contribution in [0.15, 0.2) is 53.4 Å². The van der Waals surface area contributed by atoms with Gasteiger partial charge in [-0.2, -0.15) is 0 Å². The molecule has 128 valence electrons. The van der Waals surface area contributed by atoms with Crippen LogP contribution >= 0.6 is 0 Å². The first-order valence-electron chi connectivity index (χ1n) is 6.99. The lowest BCUT2D eigenvalue weighted by Gasteiger charge is -2.25. The molecule has 24 heavy (non-hydrogen) atoms. The maximum absolute atomic E-state index is 13.1. The van der Waals surface area contributed by atoms with Crippen LogP contribution in [0.2, 0.25) is 0 Å². The number of carbonyl (C=O) groups is 1. The predicted octanol–water partition coefficient (Wildman–Crippen LogP) is 2.50. The summed E-state index contributed by atoms with van der Waals surface area (Å²) in [6.45, 7) is -0.282. The average Bonchev–Trinajstić information content (AvgIpc) is 2.55. The highest BCUT2D eigenvalue weighted by molar-refractivity contribution is 7.92. The highest BCUT2D eigenvalue weighted by atomic mass is 32.2. The average molecular weight is 353 g/mol. The quantitative estimate of drug-likeness (QED) is 0.827. The van der Waals surface area contributed by atoms with E-state index in [2.05, 4.69) is 0 Å². The molecule has 0 saturated heterocycles. The molecule has 0 heterocycles. The molecule has 2 aromatic carbocycles. The molecule has 0 fully saturated rings.